The summed E-state index contributed by atoms with van der Waals surface area (Å²) in [6.07, 6.45) is 1.43. The molecule has 0 fully saturated rings. The molecule has 0 saturated carbocycles. The van der Waals surface area contributed by atoms with Crippen LogP contribution >= 0.6 is 11.6 Å². The summed E-state index contributed by atoms with van der Waals surface area (Å²) in [7, 11) is 0. The second kappa shape index (κ2) is 10.2. The zero-order chi connectivity index (χ0) is 25.0. The Balaban J connectivity index is 1.61. The topological polar surface area (TPSA) is 80.4 Å². The minimum absolute atomic E-state index is 0.171. The number of carbonyl (C=O) groups excluding carboxylic acids is 2. The molecule has 35 heavy (non-hydrogen) atoms. The zero-order valence-electron chi connectivity index (χ0n) is 19.9. The molecule has 4 rings (SSSR count). The van der Waals surface area contributed by atoms with Crippen LogP contribution in [-0.4, -0.2) is 33.0 Å². The Hall–Kier alpha value is -3.84. The van der Waals surface area contributed by atoms with Crippen molar-refractivity contribution in [1.82, 2.24) is 14.7 Å². The molecule has 2 amide bonds. The molecule has 0 aliphatic rings. The lowest BCUT2D eigenvalue weighted by Crippen LogP contribution is -2.37. The number of hydrogen-bond acceptors (Lipinski definition) is 4. The van der Waals surface area contributed by atoms with Crippen molar-refractivity contribution in [2.24, 2.45) is 0 Å². The van der Waals surface area contributed by atoms with E-state index in [9.17, 15) is 9.59 Å². The van der Waals surface area contributed by atoms with Gasteiger partial charge in [0.25, 0.3) is 5.91 Å². The predicted molar refractivity (Wildman–Crippen MR) is 136 cm³/mol. The third kappa shape index (κ3) is 5.81. The number of amides is 2. The predicted octanol–water partition coefficient (Wildman–Crippen LogP) is 5.70. The second-order valence-corrected chi connectivity index (χ2v) is 9.61. The van der Waals surface area contributed by atoms with Crippen molar-refractivity contribution in [3.05, 3.63) is 101 Å². The second-order valence-electron chi connectivity index (χ2n) is 9.20. The quantitative estimate of drug-likeness (QED) is 0.360. The standard InChI is InChI=1S/C27H27ClN4O3/c1-27(2,3)23-16-24(32(30-23)21-13-8-7-12-20(21)28)29-25(33)18-31(17-19-10-5-4-6-11-19)26(34)22-14-9-15-35-22/h4-16H,17-18H2,1-3H3,(H,29,33). The molecule has 2 aromatic carbocycles. The first-order valence-corrected chi connectivity index (χ1v) is 11.6. The van der Waals surface area contributed by atoms with E-state index in [2.05, 4.69) is 5.32 Å². The summed E-state index contributed by atoms with van der Waals surface area (Å²) in [6, 6.07) is 21.8. The van der Waals surface area contributed by atoms with Crippen LogP contribution < -0.4 is 5.32 Å². The van der Waals surface area contributed by atoms with Gasteiger partial charge in [0.15, 0.2) is 5.76 Å². The first kappa shape index (κ1) is 24.3. The van der Waals surface area contributed by atoms with Crippen LogP contribution in [0, 0.1) is 0 Å². The van der Waals surface area contributed by atoms with Gasteiger partial charge in [-0.15, -0.1) is 0 Å². The van der Waals surface area contributed by atoms with Crippen molar-refractivity contribution in [3.8, 4) is 5.69 Å². The largest absolute Gasteiger partial charge is 0.459 e. The van der Waals surface area contributed by atoms with Crippen molar-refractivity contribution in [1.29, 1.82) is 0 Å². The van der Waals surface area contributed by atoms with Crippen molar-refractivity contribution in [2.75, 3.05) is 11.9 Å². The van der Waals surface area contributed by atoms with Crippen LogP contribution in [0.2, 0.25) is 5.02 Å². The van der Waals surface area contributed by atoms with Crippen molar-refractivity contribution in [3.63, 3.8) is 0 Å². The summed E-state index contributed by atoms with van der Waals surface area (Å²) in [5, 5.41) is 8.14. The number of carbonyl (C=O) groups is 2. The molecule has 0 unspecified atom stereocenters. The van der Waals surface area contributed by atoms with E-state index >= 15 is 0 Å². The van der Waals surface area contributed by atoms with Gasteiger partial charge >= 0.3 is 0 Å². The molecule has 0 spiro atoms. The zero-order valence-corrected chi connectivity index (χ0v) is 20.6. The Morgan fingerprint density at radius 2 is 1.74 bits per heavy atom. The molecule has 1 N–H and O–H groups in total. The van der Waals surface area contributed by atoms with Crippen LogP contribution in [0.1, 0.15) is 42.6 Å². The summed E-state index contributed by atoms with van der Waals surface area (Å²) in [5.41, 5.74) is 2.09. The van der Waals surface area contributed by atoms with Gasteiger partial charge in [-0.05, 0) is 29.8 Å². The highest BCUT2D eigenvalue weighted by atomic mass is 35.5. The first-order valence-electron chi connectivity index (χ1n) is 11.2. The van der Waals surface area contributed by atoms with E-state index in [0.717, 1.165) is 11.3 Å². The average Bonchev–Trinajstić information content (AvgIpc) is 3.50. The Morgan fingerprint density at radius 1 is 1.03 bits per heavy atom. The van der Waals surface area contributed by atoms with Gasteiger partial charge in [-0.1, -0.05) is 74.8 Å². The number of benzene rings is 2. The van der Waals surface area contributed by atoms with E-state index in [0.29, 0.717) is 16.5 Å². The van der Waals surface area contributed by atoms with E-state index in [4.69, 9.17) is 21.1 Å². The van der Waals surface area contributed by atoms with Crippen molar-refractivity contribution >= 4 is 29.2 Å². The molecule has 0 aliphatic heterocycles. The smallest absolute Gasteiger partial charge is 0.290 e. The highest BCUT2D eigenvalue weighted by Crippen LogP contribution is 2.29. The SMILES string of the molecule is CC(C)(C)c1cc(NC(=O)CN(Cc2ccccc2)C(=O)c2ccco2)n(-c2ccccc2Cl)n1. The molecule has 2 heterocycles. The molecular weight excluding hydrogens is 464 g/mol. The monoisotopic (exact) mass is 490 g/mol. The van der Waals surface area contributed by atoms with Gasteiger partial charge in [-0.25, -0.2) is 4.68 Å². The normalized spacial score (nSPS) is 11.3. The molecule has 4 aromatic rings. The maximum absolute atomic E-state index is 13.2. The summed E-state index contributed by atoms with van der Waals surface area (Å²) in [6.45, 7) is 6.21. The van der Waals surface area contributed by atoms with E-state index in [1.807, 2.05) is 75.4 Å². The average molecular weight is 491 g/mol. The number of nitrogens with zero attached hydrogens (tertiary/aromatic N) is 3. The molecule has 2 aromatic heterocycles. The van der Waals surface area contributed by atoms with Gasteiger partial charge in [0.05, 0.1) is 22.7 Å². The van der Waals surface area contributed by atoms with Gasteiger partial charge in [0.1, 0.15) is 12.4 Å². The lowest BCUT2D eigenvalue weighted by atomic mass is 9.92. The number of rotatable bonds is 7. The van der Waals surface area contributed by atoms with E-state index in [1.54, 1.807) is 22.9 Å². The van der Waals surface area contributed by atoms with Crippen LogP contribution in [-0.2, 0) is 16.8 Å². The summed E-state index contributed by atoms with van der Waals surface area (Å²) >= 11 is 6.43. The molecule has 180 valence electrons. The molecule has 7 nitrogen and oxygen atoms in total. The number of furan rings is 1. The Morgan fingerprint density at radius 3 is 2.40 bits per heavy atom. The van der Waals surface area contributed by atoms with Crippen LogP contribution in [0.25, 0.3) is 5.69 Å². The summed E-state index contributed by atoms with van der Waals surface area (Å²) in [4.78, 5) is 27.7. The number of hydrogen-bond donors (Lipinski definition) is 1. The molecule has 8 heteroatoms. The van der Waals surface area contributed by atoms with Gasteiger partial charge in [0.2, 0.25) is 5.91 Å². The Kier molecular flexibility index (Phi) is 7.07. The number of para-hydroxylation sites is 1. The minimum atomic E-state index is -0.371. The fourth-order valence-corrected chi connectivity index (χ4v) is 3.77. The van der Waals surface area contributed by atoms with E-state index < -0.39 is 0 Å². The van der Waals surface area contributed by atoms with E-state index in [1.165, 1.54) is 11.2 Å². The summed E-state index contributed by atoms with van der Waals surface area (Å²) in [5.74, 6) is -0.0958. The van der Waals surface area contributed by atoms with Crippen molar-refractivity contribution < 1.29 is 14.0 Å². The maximum Gasteiger partial charge on any atom is 0.290 e. The van der Waals surface area contributed by atoms with Crippen LogP contribution in [0.4, 0.5) is 5.82 Å². The number of nitrogens with one attached hydrogen (secondary N) is 1. The molecule has 0 atom stereocenters. The third-order valence-corrected chi connectivity index (χ3v) is 5.72. The highest BCUT2D eigenvalue weighted by molar-refractivity contribution is 6.32. The summed E-state index contributed by atoms with van der Waals surface area (Å²) < 4.78 is 6.91. The van der Waals surface area contributed by atoms with Gasteiger partial charge in [-0.3, -0.25) is 9.59 Å². The number of anilines is 1. The number of aromatic nitrogens is 2. The van der Waals surface area contributed by atoms with Gasteiger partial charge in [0, 0.05) is 18.0 Å². The molecule has 0 saturated heterocycles. The third-order valence-electron chi connectivity index (χ3n) is 5.40. The lowest BCUT2D eigenvalue weighted by molar-refractivity contribution is -0.117. The lowest BCUT2D eigenvalue weighted by Gasteiger charge is -2.21. The van der Waals surface area contributed by atoms with Crippen LogP contribution in [0.15, 0.2) is 83.5 Å². The van der Waals surface area contributed by atoms with Crippen LogP contribution in [0.5, 0.6) is 0 Å². The minimum Gasteiger partial charge on any atom is -0.459 e. The molecule has 0 bridgehead atoms. The Labute approximate surface area is 209 Å². The molecular formula is C27H27ClN4O3. The first-order chi connectivity index (χ1) is 16.7. The molecule has 0 radical (unpaired) electrons. The van der Waals surface area contributed by atoms with Crippen molar-refractivity contribution in [2.45, 2.75) is 32.7 Å². The Bertz CT molecular complexity index is 1310. The number of halogens is 1. The van der Waals surface area contributed by atoms with E-state index in [-0.39, 0.29) is 36.1 Å². The van der Waals surface area contributed by atoms with Crippen LogP contribution in [0.3, 0.4) is 0 Å². The maximum atomic E-state index is 13.2. The fraction of sp³-hybridized carbons (Fsp3) is 0.222. The molecule has 0 aliphatic carbocycles. The van der Waals surface area contributed by atoms with Gasteiger partial charge < -0.3 is 14.6 Å². The highest BCUT2D eigenvalue weighted by Gasteiger charge is 2.25. The fourth-order valence-electron chi connectivity index (χ4n) is 3.56. The van der Waals surface area contributed by atoms with Gasteiger partial charge in [-0.2, -0.15) is 5.10 Å².